The zero-order valence-electron chi connectivity index (χ0n) is 12.5. The molecule has 1 heterocycles. The van der Waals surface area contributed by atoms with E-state index in [0.717, 1.165) is 22.8 Å². The quantitative estimate of drug-likeness (QED) is 0.834. The molecule has 1 fully saturated rings. The predicted molar refractivity (Wildman–Crippen MR) is 92.3 cm³/mol. The standard InChI is InChI=1S/C16H21NO3S2/c1-11(16(19)20)15(12-5-3-2-4-6-12)17-14(18)9-13-10-21-7-8-22-13/h2-6,11,13,15H,7-10H2,1H3,(H,17,18)(H,19,20). The van der Waals surface area contributed by atoms with E-state index in [9.17, 15) is 14.7 Å². The van der Waals surface area contributed by atoms with Gasteiger partial charge in [0.2, 0.25) is 5.91 Å². The lowest BCUT2D eigenvalue weighted by molar-refractivity contribution is -0.142. The van der Waals surface area contributed by atoms with Gasteiger partial charge in [0.05, 0.1) is 12.0 Å². The molecule has 2 rings (SSSR count). The molecule has 1 aromatic rings. The Balaban J connectivity index is 2.02. The second-order valence-electron chi connectivity index (χ2n) is 5.35. The van der Waals surface area contributed by atoms with Gasteiger partial charge in [-0.15, -0.1) is 0 Å². The molecule has 1 aliphatic heterocycles. The van der Waals surface area contributed by atoms with Crippen molar-refractivity contribution in [3.8, 4) is 0 Å². The van der Waals surface area contributed by atoms with Gasteiger partial charge in [0.25, 0.3) is 0 Å². The van der Waals surface area contributed by atoms with Gasteiger partial charge >= 0.3 is 5.97 Å². The summed E-state index contributed by atoms with van der Waals surface area (Å²) < 4.78 is 0. The van der Waals surface area contributed by atoms with Crippen LogP contribution in [0.25, 0.3) is 0 Å². The van der Waals surface area contributed by atoms with Crippen LogP contribution in [0.4, 0.5) is 0 Å². The molecule has 0 bridgehead atoms. The molecule has 0 spiro atoms. The summed E-state index contributed by atoms with van der Waals surface area (Å²) in [7, 11) is 0. The van der Waals surface area contributed by atoms with Crippen molar-refractivity contribution >= 4 is 35.4 Å². The van der Waals surface area contributed by atoms with Gasteiger partial charge in [-0.1, -0.05) is 30.3 Å². The third-order valence-electron chi connectivity index (χ3n) is 3.66. The van der Waals surface area contributed by atoms with E-state index < -0.39 is 17.9 Å². The molecule has 22 heavy (non-hydrogen) atoms. The highest BCUT2D eigenvalue weighted by Crippen LogP contribution is 2.27. The Morgan fingerprint density at radius 3 is 2.64 bits per heavy atom. The minimum atomic E-state index is -0.906. The third kappa shape index (κ3) is 4.95. The van der Waals surface area contributed by atoms with Crippen LogP contribution in [0.3, 0.4) is 0 Å². The summed E-state index contributed by atoms with van der Waals surface area (Å²) in [6.45, 7) is 1.63. The normalized spacial score (nSPS) is 20.9. The fourth-order valence-electron chi connectivity index (χ4n) is 2.39. The highest BCUT2D eigenvalue weighted by atomic mass is 32.2. The van der Waals surface area contributed by atoms with Crippen LogP contribution in [-0.4, -0.2) is 39.5 Å². The van der Waals surface area contributed by atoms with Crippen molar-refractivity contribution in [1.29, 1.82) is 0 Å². The van der Waals surface area contributed by atoms with E-state index >= 15 is 0 Å². The summed E-state index contributed by atoms with van der Waals surface area (Å²) in [6, 6.07) is 8.81. The minimum Gasteiger partial charge on any atom is -0.481 e. The maximum Gasteiger partial charge on any atom is 0.308 e. The van der Waals surface area contributed by atoms with E-state index in [1.807, 2.05) is 53.9 Å². The zero-order valence-corrected chi connectivity index (χ0v) is 14.2. The summed E-state index contributed by atoms with van der Waals surface area (Å²) in [6.07, 6.45) is 0.452. The van der Waals surface area contributed by atoms with E-state index in [4.69, 9.17) is 0 Å². The highest BCUT2D eigenvalue weighted by molar-refractivity contribution is 8.06. The summed E-state index contributed by atoms with van der Waals surface area (Å²) in [5, 5.41) is 12.5. The van der Waals surface area contributed by atoms with E-state index in [1.54, 1.807) is 6.92 Å². The van der Waals surface area contributed by atoms with Gasteiger partial charge in [-0.05, 0) is 12.5 Å². The first-order valence-electron chi connectivity index (χ1n) is 7.34. The predicted octanol–water partition coefficient (Wildman–Crippen LogP) is 2.80. The molecule has 3 unspecified atom stereocenters. The maximum absolute atomic E-state index is 12.3. The molecule has 4 nitrogen and oxygen atoms in total. The van der Waals surface area contributed by atoms with Crippen molar-refractivity contribution in [3.05, 3.63) is 35.9 Å². The lowest BCUT2D eigenvalue weighted by atomic mass is 9.94. The first-order chi connectivity index (χ1) is 10.6. The average molecular weight is 339 g/mol. The molecule has 0 aliphatic carbocycles. The van der Waals surface area contributed by atoms with Crippen molar-refractivity contribution in [2.45, 2.75) is 24.6 Å². The largest absolute Gasteiger partial charge is 0.481 e. The number of thioether (sulfide) groups is 2. The first kappa shape index (κ1) is 17.2. The lowest BCUT2D eigenvalue weighted by Crippen LogP contribution is -2.37. The Hall–Kier alpha value is -1.14. The molecule has 0 saturated carbocycles. The number of carbonyl (C=O) groups excluding carboxylic acids is 1. The molecule has 1 amide bonds. The molecule has 120 valence electrons. The molecule has 1 aromatic carbocycles. The Kier molecular flexibility index (Phi) is 6.64. The van der Waals surface area contributed by atoms with Crippen molar-refractivity contribution in [2.75, 3.05) is 17.3 Å². The van der Waals surface area contributed by atoms with E-state index in [2.05, 4.69) is 5.32 Å². The number of nitrogens with one attached hydrogen (secondary N) is 1. The number of benzene rings is 1. The Bertz CT molecular complexity index is 503. The second kappa shape index (κ2) is 8.48. The average Bonchev–Trinajstić information content (AvgIpc) is 2.53. The molecular weight excluding hydrogens is 318 g/mol. The van der Waals surface area contributed by atoms with Crippen LogP contribution < -0.4 is 5.32 Å². The molecule has 6 heteroatoms. The minimum absolute atomic E-state index is 0.0676. The van der Waals surface area contributed by atoms with Gasteiger partial charge in [-0.25, -0.2) is 0 Å². The number of hydrogen-bond donors (Lipinski definition) is 2. The number of carboxylic acids is 1. The van der Waals surface area contributed by atoms with Gasteiger partial charge in [0.15, 0.2) is 0 Å². The molecule has 3 atom stereocenters. The Morgan fingerprint density at radius 1 is 1.32 bits per heavy atom. The van der Waals surface area contributed by atoms with Crippen molar-refractivity contribution < 1.29 is 14.7 Å². The van der Waals surface area contributed by atoms with E-state index in [-0.39, 0.29) is 5.91 Å². The number of carbonyl (C=O) groups is 2. The lowest BCUT2D eigenvalue weighted by Gasteiger charge is -2.25. The number of carboxylic acid groups (broad SMARTS) is 1. The number of hydrogen-bond acceptors (Lipinski definition) is 4. The molecular formula is C16H21NO3S2. The van der Waals surface area contributed by atoms with E-state index in [1.165, 1.54) is 0 Å². The van der Waals surface area contributed by atoms with Crippen LogP contribution in [0.15, 0.2) is 30.3 Å². The SMILES string of the molecule is CC(C(=O)O)C(NC(=O)CC1CSCCS1)c1ccccc1. The van der Waals surface area contributed by atoms with Crippen LogP contribution in [0.5, 0.6) is 0 Å². The van der Waals surface area contributed by atoms with Gasteiger partial charge in [0.1, 0.15) is 0 Å². The maximum atomic E-state index is 12.3. The summed E-state index contributed by atoms with van der Waals surface area (Å²) in [4.78, 5) is 23.6. The number of rotatable bonds is 6. The molecule has 2 N–H and O–H groups in total. The van der Waals surface area contributed by atoms with Crippen LogP contribution in [0.2, 0.25) is 0 Å². The van der Waals surface area contributed by atoms with Crippen LogP contribution in [0.1, 0.15) is 24.9 Å². The van der Waals surface area contributed by atoms with Gasteiger partial charge in [-0.3, -0.25) is 9.59 Å². The van der Waals surface area contributed by atoms with Crippen molar-refractivity contribution in [1.82, 2.24) is 5.32 Å². The topological polar surface area (TPSA) is 66.4 Å². The Morgan fingerprint density at radius 2 is 2.05 bits per heavy atom. The third-order valence-corrected chi connectivity index (χ3v) is 6.51. The van der Waals surface area contributed by atoms with Crippen LogP contribution >= 0.6 is 23.5 Å². The second-order valence-corrected chi connectivity index (χ2v) is 7.91. The zero-order chi connectivity index (χ0) is 15.9. The molecule has 0 aromatic heterocycles. The Labute approximate surface area is 139 Å². The van der Waals surface area contributed by atoms with Gasteiger partial charge < -0.3 is 10.4 Å². The fraction of sp³-hybridized carbons (Fsp3) is 0.500. The fourth-order valence-corrected chi connectivity index (χ4v) is 5.07. The van der Waals surface area contributed by atoms with Crippen molar-refractivity contribution in [2.24, 2.45) is 5.92 Å². The first-order valence-corrected chi connectivity index (χ1v) is 9.54. The number of aliphatic carboxylic acids is 1. The van der Waals surface area contributed by atoms with Gasteiger partial charge in [0, 0.05) is 28.9 Å². The van der Waals surface area contributed by atoms with E-state index in [0.29, 0.717) is 11.7 Å². The summed E-state index contributed by atoms with van der Waals surface area (Å²) in [5.74, 6) is 1.57. The van der Waals surface area contributed by atoms with Crippen molar-refractivity contribution in [3.63, 3.8) is 0 Å². The van der Waals surface area contributed by atoms with Crippen LogP contribution in [0, 0.1) is 5.92 Å². The molecule has 1 aliphatic rings. The van der Waals surface area contributed by atoms with Gasteiger partial charge in [-0.2, -0.15) is 23.5 Å². The van der Waals surface area contributed by atoms with Crippen LogP contribution in [-0.2, 0) is 9.59 Å². The number of amides is 1. The molecule has 0 radical (unpaired) electrons. The monoisotopic (exact) mass is 339 g/mol. The summed E-state index contributed by atoms with van der Waals surface area (Å²) in [5.41, 5.74) is 0.830. The smallest absolute Gasteiger partial charge is 0.308 e. The summed E-state index contributed by atoms with van der Waals surface area (Å²) >= 11 is 3.71. The highest BCUT2D eigenvalue weighted by Gasteiger charge is 2.28. The molecule has 1 saturated heterocycles.